The fraction of sp³-hybridized carbons (Fsp3) is 0.316. The third kappa shape index (κ3) is 3.15. The van der Waals surface area contributed by atoms with Crippen LogP contribution in [0.25, 0.3) is 0 Å². The van der Waals surface area contributed by atoms with Gasteiger partial charge >= 0.3 is 5.97 Å². The molecule has 4 nitrogen and oxygen atoms in total. The SMILES string of the molecule is O=C(ON1CCC[C@@H]1[C@@H]1O[C@H]1c1cccc(F)c1F)c1ccccc1. The number of rotatable bonds is 4. The molecule has 0 amide bonds. The molecule has 0 aromatic heterocycles. The van der Waals surface area contributed by atoms with Crippen molar-refractivity contribution in [2.45, 2.75) is 31.1 Å². The Hall–Kier alpha value is -2.31. The van der Waals surface area contributed by atoms with Crippen molar-refractivity contribution < 1.29 is 23.1 Å². The zero-order chi connectivity index (χ0) is 17.4. The van der Waals surface area contributed by atoms with Gasteiger partial charge in [0.05, 0.1) is 11.6 Å². The summed E-state index contributed by atoms with van der Waals surface area (Å²) in [5.74, 6) is -2.19. The molecule has 0 unspecified atom stereocenters. The van der Waals surface area contributed by atoms with Crippen molar-refractivity contribution >= 4 is 5.97 Å². The number of carbonyl (C=O) groups excluding carboxylic acids is 1. The van der Waals surface area contributed by atoms with E-state index in [1.54, 1.807) is 29.3 Å². The van der Waals surface area contributed by atoms with Crippen LogP contribution in [0.2, 0.25) is 0 Å². The standard InChI is InChI=1S/C19H17F2NO3/c20-14-9-4-8-13(16(14)21)17-18(24-17)15-10-5-11-22(15)25-19(23)12-6-2-1-3-7-12/h1-4,6-9,15,17-18H,5,10-11H2/t15-,17+,18+/m1/s1. The van der Waals surface area contributed by atoms with Crippen LogP contribution in [-0.2, 0) is 9.57 Å². The van der Waals surface area contributed by atoms with Gasteiger partial charge in [0, 0.05) is 12.1 Å². The second-order valence-electron chi connectivity index (χ2n) is 6.26. The minimum Gasteiger partial charge on any atom is -0.364 e. The third-order valence-electron chi connectivity index (χ3n) is 4.65. The van der Waals surface area contributed by atoms with Crippen LogP contribution in [0.1, 0.15) is 34.9 Å². The van der Waals surface area contributed by atoms with E-state index in [9.17, 15) is 13.6 Å². The van der Waals surface area contributed by atoms with E-state index >= 15 is 0 Å². The van der Waals surface area contributed by atoms with Crippen LogP contribution < -0.4 is 0 Å². The first-order valence-electron chi connectivity index (χ1n) is 8.28. The number of benzene rings is 2. The fourth-order valence-corrected chi connectivity index (χ4v) is 3.35. The maximum atomic E-state index is 13.9. The van der Waals surface area contributed by atoms with E-state index in [2.05, 4.69) is 0 Å². The first kappa shape index (κ1) is 16.2. The molecule has 0 saturated carbocycles. The summed E-state index contributed by atoms with van der Waals surface area (Å²) >= 11 is 0. The molecule has 2 aliphatic rings. The van der Waals surface area contributed by atoms with Gasteiger partial charge in [-0.1, -0.05) is 30.3 Å². The number of hydrogen-bond donors (Lipinski definition) is 0. The van der Waals surface area contributed by atoms with Gasteiger partial charge < -0.3 is 9.57 Å². The summed E-state index contributed by atoms with van der Waals surface area (Å²) in [6.45, 7) is 0.599. The molecule has 25 heavy (non-hydrogen) atoms. The van der Waals surface area contributed by atoms with Crippen LogP contribution in [0.5, 0.6) is 0 Å². The minimum atomic E-state index is -0.884. The largest absolute Gasteiger partial charge is 0.364 e. The van der Waals surface area contributed by atoms with Crippen molar-refractivity contribution in [2.75, 3.05) is 6.54 Å². The number of hydrogen-bond acceptors (Lipinski definition) is 4. The summed E-state index contributed by atoms with van der Waals surface area (Å²) in [7, 11) is 0. The van der Waals surface area contributed by atoms with Gasteiger partial charge in [-0.2, -0.15) is 0 Å². The van der Waals surface area contributed by atoms with Gasteiger partial charge in [-0.25, -0.2) is 13.6 Å². The Balaban J connectivity index is 1.44. The molecule has 0 spiro atoms. The van der Waals surface area contributed by atoms with Crippen LogP contribution in [0, 0.1) is 11.6 Å². The molecule has 0 bridgehead atoms. The second-order valence-corrected chi connectivity index (χ2v) is 6.26. The van der Waals surface area contributed by atoms with Crippen LogP contribution in [0.4, 0.5) is 8.78 Å². The molecular formula is C19H17F2NO3. The Morgan fingerprint density at radius 2 is 1.92 bits per heavy atom. The number of halogens is 2. The van der Waals surface area contributed by atoms with Crippen LogP contribution in [0.15, 0.2) is 48.5 Å². The molecule has 2 heterocycles. The monoisotopic (exact) mass is 345 g/mol. The number of epoxide rings is 1. The average molecular weight is 345 g/mol. The van der Waals surface area contributed by atoms with Gasteiger partial charge in [-0.3, -0.25) is 0 Å². The lowest BCUT2D eigenvalue weighted by Crippen LogP contribution is -2.36. The van der Waals surface area contributed by atoms with Crippen LogP contribution in [-0.4, -0.2) is 29.7 Å². The van der Waals surface area contributed by atoms with E-state index in [0.29, 0.717) is 12.1 Å². The highest BCUT2D eigenvalue weighted by molar-refractivity contribution is 5.89. The highest BCUT2D eigenvalue weighted by Crippen LogP contribution is 2.46. The first-order valence-corrected chi connectivity index (χ1v) is 8.28. The number of carbonyl (C=O) groups is 1. The molecule has 130 valence electrons. The van der Waals surface area contributed by atoms with Crippen LogP contribution >= 0.6 is 0 Å². The average Bonchev–Trinajstić information content (AvgIpc) is 3.28. The normalized spacial score (nSPS) is 25.8. The molecule has 2 aromatic rings. The minimum absolute atomic E-state index is 0.152. The Labute approximate surface area is 143 Å². The molecular weight excluding hydrogens is 328 g/mol. The van der Waals surface area contributed by atoms with E-state index < -0.39 is 23.7 Å². The van der Waals surface area contributed by atoms with Gasteiger partial charge in [0.1, 0.15) is 12.2 Å². The summed E-state index contributed by atoms with van der Waals surface area (Å²) < 4.78 is 32.9. The zero-order valence-electron chi connectivity index (χ0n) is 13.4. The fourth-order valence-electron chi connectivity index (χ4n) is 3.35. The Bertz CT molecular complexity index is 783. The van der Waals surface area contributed by atoms with Gasteiger partial charge in [0.15, 0.2) is 11.6 Å². The Kier molecular flexibility index (Phi) is 4.23. The lowest BCUT2D eigenvalue weighted by atomic mass is 10.0. The predicted octanol–water partition coefficient (Wildman–Crippen LogP) is 3.64. The summed E-state index contributed by atoms with van der Waals surface area (Å²) in [5.41, 5.74) is 0.684. The summed E-state index contributed by atoms with van der Waals surface area (Å²) in [4.78, 5) is 17.7. The van der Waals surface area contributed by atoms with Crippen molar-refractivity contribution in [1.29, 1.82) is 0 Å². The third-order valence-corrected chi connectivity index (χ3v) is 4.65. The summed E-state index contributed by atoms with van der Waals surface area (Å²) in [6.07, 6.45) is 0.824. The van der Waals surface area contributed by atoms with E-state index in [1.165, 1.54) is 12.1 Å². The van der Waals surface area contributed by atoms with Crippen molar-refractivity contribution in [3.8, 4) is 0 Å². The highest BCUT2D eigenvalue weighted by Gasteiger charge is 2.51. The van der Waals surface area contributed by atoms with Crippen LogP contribution in [0.3, 0.4) is 0 Å². The molecule has 0 radical (unpaired) electrons. The Morgan fingerprint density at radius 3 is 2.72 bits per heavy atom. The summed E-state index contributed by atoms with van der Waals surface area (Å²) in [5, 5.41) is 1.61. The number of hydroxylamine groups is 2. The molecule has 2 fully saturated rings. The first-order chi connectivity index (χ1) is 12.1. The number of nitrogens with zero attached hydrogens (tertiary/aromatic N) is 1. The lowest BCUT2D eigenvalue weighted by molar-refractivity contribution is -0.123. The van der Waals surface area contributed by atoms with Gasteiger partial charge in [0.2, 0.25) is 0 Å². The molecule has 2 aliphatic heterocycles. The Morgan fingerprint density at radius 1 is 1.12 bits per heavy atom. The van der Waals surface area contributed by atoms with E-state index in [-0.39, 0.29) is 17.7 Å². The maximum Gasteiger partial charge on any atom is 0.357 e. The van der Waals surface area contributed by atoms with Crippen molar-refractivity contribution in [3.05, 3.63) is 71.3 Å². The molecule has 0 N–H and O–H groups in total. The highest BCUT2D eigenvalue weighted by atomic mass is 19.2. The van der Waals surface area contributed by atoms with E-state index in [4.69, 9.17) is 9.57 Å². The topological polar surface area (TPSA) is 42.1 Å². The van der Waals surface area contributed by atoms with Gasteiger partial charge in [0.25, 0.3) is 0 Å². The van der Waals surface area contributed by atoms with E-state index in [0.717, 1.165) is 18.9 Å². The maximum absolute atomic E-state index is 13.9. The molecule has 0 aliphatic carbocycles. The van der Waals surface area contributed by atoms with Crippen molar-refractivity contribution in [2.24, 2.45) is 0 Å². The van der Waals surface area contributed by atoms with Crippen molar-refractivity contribution in [3.63, 3.8) is 0 Å². The molecule has 6 heteroatoms. The molecule has 2 aromatic carbocycles. The second kappa shape index (κ2) is 6.54. The molecule has 4 rings (SSSR count). The predicted molar refractivity (Wildman–Crippen MR) is 85.6 cm³/mol. The molecule has 3 atom stereocenters. The number of ether oxygens (including phenoxy) is 1. The van der Waals surface area contributed by atoms with Gasteiger partial charge in [-0.05, 0) is 31.0 Å². The quantitative estimate of drug-likeness (QED) is 0.794. The van der Waals surface area contributed by atoms with Crippen molar-refractivity contribution in [1.82, 2.24) is 5.06 Å². The molecule has 2 saturated heterocycles. The lowest BCUT2D eigenvalue weighted by Gasteiger charge is -2.21. The van der Waals surface area contributed by atoms with Gasteiger partial charge in [-0.15, -0.1) is 5.06 Å². The summed E-state index contributed by atoms with van der Waals surface area (Å²) in [6, 6.07) is 12.7. The smallest absolute Gasteiger partial charge is 0.357 e. The zero-order valence-corrected chi connectivity index (χ0v) is 13.4. The van der Waals surface area contributed by atoms with E-state index in [1.807, 2.05) is 6.07 Å².